The topological polar surface area (TPSA) is 61.4 Å². The summed E-state index contributed by atoms with van der Waals surface area (Å²) in [7, 11) is 0. The Kier molecular flexibility index (Phi) is 6.15. The second-order valence-corrected chi connectivity index (χ2v) is 7.57. The van der Waals surface area contributed by atoms with Crippen molar-refractivity contribution in [2.45, 2.75) is 25.3 Å². The van der Waals surface area contributed by atoms with Gasteiger partial charge in [0, 0.05) is 31.8 Å². The second kappa shape index (κ2) is 8.53. The molecule has 5 nitrogen and oxygen atoms in total. The average molecular weight is 347 g/mol. The highest BCUT2D eigenvalue weighted by Gasteiger charge is 2.33. The molecule has 2 saturated heterocycles. The minimum atomic E-state index is -0.0741. The highest BCUT2D eigenvalue weighted by Crippen LogP contribution is 2.19. The molecule has 6 heteroatoms. The highest BCUT2D eigenvalue weighted by atomic mass is 32.2. The first-order valence-electron chi connectivity index (χ1n) is 8.63. The average Bonchev–Trinajstić information content (AvgIpc) is 3.30. The zero-order valence-corrected chi connectivity index (χ0v) is 14.7. The normalized spacial score (nSPS) is 23.4. The third-order valence-corrected chi connectivity index (χ3v) is 5.62. The van der Waals surface area contributed by atoms with Gasteiger partial charge in [-0.05, 0) is 24.3 Å². The first kappa shape index (κ1) is 17.3. The number of thioether (sulfide) groups is 1. The molecule has 2 N–H and O–H groups in total. The van der Waals surface area contributed by atoms with Crippen LogP contribution in [0.15, 0.2) is 30.3 Å². The van der Waals surface area contributed by atoms with Gasteiger partial charge in [-0.1, -0.05) is 30.3 Å². The van der Waals surface area contributed by atoms with Gasteiger partial charge in [0.1, 0.15) is 0 Å². The molecule has 130 valence electrons. The monoisotopic (exact) mass is 347 g/mol. The number of nitrogens with zero attached hydrogens (tertiary/aromatic N) is 1. The maximum Gasteiger partial charge on any atom is 0.240 e. The van der Waals surface area contributed by atoms with Crippen LogP contribution in [0.1, 0.15) is 18.4 Å². The molecule has 2 fully saturated rings. The molecule has 0 radical (unpaired) electrons. The van der Waals surface area contributed by atoms with Crippen molar-refractivity contribution in [1.29, 1.82) is 0 Å². The first-order valence-corrected chi connectivity index (χ1v) is 9.78. The van der Waals surface area contributed by atoms with Crippen LogP contribution in [0.3, 0.4) is 0 Å². The van der Waals surface area contributed by atoms with E-state index in [1.165, 1.54) is 5.56 Å². The van der Waals surface area contributed by atoms with Gasteiger partial charge >= 0.3 is 0 Å². The Hall–Kier alpha value is -1.53. The van der Waals surface area contributed by atoms with E-state index in [2.05, 4.69) is 10.6 Å². The molecule has 24 heavy (non-hydrogen) atoms. The van der Waals surface area contributed by atoms with Gasteiger partial charge in [-0.15, -0.1) is 11.8 Å². The first-order chi connectivity index (χ1) is 11.7. The van der Waals surface area contributed by atoms with E-state index >= 15 is 0 Å². The van der Waals surface area contributed by atoms with Crippen LogP contribution in [0.4, 0.5) is 0 Å². The molecule has 0 aliphatic carbocycles. The summed E-state index contributed by atoms with van der Waals surface area (Å²) in [4.78, 5) is 26.3. The number of aryl methyl sites for hydroxylation is 1. The SMILES string of the molecule is O=C(CCc1ccccc1)NC[C@@H]1CN[C@H](C(=O)N2CCSC2)C1. The molecule has 0 saturated carbocycles. The van der Waals surface area contributed by atoms with Crippen molar-refractivity contribution < 1.29 is 9.59 Å². The molecule has 0 bridgehead atoms. The standard InChI is InChI=1S/C18H25N3O2S/c22-17(7-6-14-4-2-1-3-5-14)20-12-15-10-16(19-11-15)18(23)21-8-9-24-13-21/h1-5,15-16,19H,6-13H2,(H,20,22)/t15-,16-/m0/s1. The molecule has 2 atom stereocenters. The molecular formula is C18H25N3O2S. The van der Waals surface area contributed by atoms with E-state index in [1.54, 1.807) is 0 Å². The van der Waals surface area contributed by atoms with Gasteiger partial charge in [-0.2, -0.15) is 0 Å². The fourth-order valence-corrected chi connectivity index (χ4v) is 4.17. The lowest BCUT2D eigenvalue weighted by Gasteiger charge is -2.19. The summed E-state index contributed by atoms with van der Waals surface area (Å²) in [6, 6.07) is 9.98. The van der Waals surface area contributed by atoms with Crippen molar-refractivity contribution in [3.05, 3.63) is 35.9 Å². The summed E-state index contributed by atoms with van der Waals surface area (Å²) >= 11 is 1.81. The summed E-state index contributed by atoms with van der Waals surface area (Å²) in [6.07, 6.45) is 2.10. The zero-order chi connectivity index (χ0) is 16.8. The molecule has 0 unspecified atom stereocenters. The third-order valence-electron chi connectivity index (χ3n) is 4.66. The largest absolute Gasteiger partial charge is 0.356 e. The van der Waals surface area contributed by atoms with E-state index in [4.69, 9.17) is 0 Å². The summed E-state index contributed by atoms with van der Waals surface area (Å²) in [5.74, 6) is 2.51. The Bertz CT molecular complexity index is 561. The summed E-state index contributed by atoms with van der Waals surface area (Å²) < 4.78 is 0. The predicted molar refractivity (Wildman–Crippen MR) is 96.7 cm³/mol. The van der Waals surface area contributed by atoms with Gasteiger partial charge in [-0.3, -0.25) is 9.59 Å². The van der Waals surface area contributed by atoms with Crippen LogP contribution in [-0.2, 0) is 16.0 Å². The molecule has 1 aromatic carbocycles. The van der Waals surface area contributed by atoms with Crippen molar-refractivity contribution in [2.24, 2.45) is 5.92 Å². The second-order valence-electron chi connectivity index (χ2n) is 6.49. The van der Waals surface area contributed by atoms with Crippen LogP contribution in [0.2, 0.25) is 0 Å². The van der Waals surface area contributed by atoms with Crippen LogP contribution >= 0.6 is 11.8 Å². The fraction of sp³-hybridized carbons (Fsp3) is 0.556. The Morgan fingerprint density at radius 1 is 1.29 bits per heavy atom. The van der Waals surface area contributed by atoms with E-state index in [0.29, 0.717) is 18.9 Å². The Morgan fingerprint density at radius 3 is 2.88 bits per heavy atom. The van der Waals surface area contributed by atoms with Crippen LogP contribution < -0.4 is 10.6 Å². The molecule has 2 aliphatic rings. The number of amides is 2. The summed E-state index contributed by atoms with van der Waals surface area (Å²) in [5.41, 5.74) is 1.18. The number of rotatable bonds is 6. The van der Waals surface area contributed by atoms with E-state index in [-0.39, 0.29) is 17.9 Å². The molecule has 2 heterocycles. The van der Waals surface area contributed by atoms with Crippen LogP contribution in [-0.4, -0.2) is 54.0 Å². The molecule has 2 amide bonds. The molecule has 3 rings (SSSR count). The third kappa shape index (κ3) is 4.74. The zero-order valence-electron chi connectivity index (χ0n) is 13.9. The molecule has 0 spiro atoms. The van der Waals surface area contributed by atoms with E-state index in [9.17, 15) is 9.59 Å². The fourth-order valence-electron chi connectivity index (χ4n) is 3.21. The molecule has 1 aromatic rings. The minimum absolute atomic E-state index is 0.0741. The van der Waals surface area contributed by atoms with Crippen LogP contribution in [0.25, 0.3) is 0 Å². The number of carbonyl (C=O) groups excluding carboxylic acids is 2. The lowest BCUT2D eigenvalue weighted by atomic mass is 10.0. The van der Waals surface area contributed by atoms with Crippen molar-refractivity contribution in [3.8, 4) is 0 Å². The van der Waals surface area contributed by atoms with Crippen molar-refractivity contribution in [2.75, 3.05) is 31.3 Å². The van der Waals surface area contributed by atoms with Crippen LogP contribution in [0, 0.1) is 5.92 Å². The lowest BCUT2D eigenvalue weighted by Crippen LogP contribution is -2.42. The van der Waals surface area contributed by atoms with Gasteiger partial charge in [0.2, 0.25) is 11.8 Å². The summed E-state index contributed by atoms with van der Waals surface area (Å²) in [6.45, 7) is 2.32. The molecule has 2 aliphatic heterocycles. The van der Waals surface area contributed by atoms with Gasteiger partial charge in [-0.25, -0.2) is 0 Å². The van der Waals surface area contributed by atoms with Gasteiger partial charge in [0.15, 0.2) is 0 Å². The molecule has 0 aromatic heterocycles. The van der Waals surface area contributed by atoms with E-state index < -0.39 is 0 Å². The smallest absolute Gasteiger partial charge is 0.240 e. The number of carbonyl (C=O) groups is 2. The number of hydrogen-bond acceptors (Lipinski definition) is 4. The van der Waals surface area contributed by atoms with Crippen molar-refractivity contribution in [3.63, 3.8) is 0 Å². The lowest BCUT2D eigenvalue weighted by molar-refractivity contribution is -0.131. The Labute approximate surface area is 147 Å². The van der Waals surface area contributed by atoms with Gasteiger partial charge in [0.25, 0.3) is 0 Å². The number of hydrogen-bond donors (Lipinski definition) is 2. The highest BCUT2D eigenvalue weighted by molar-refractivity contribution is 7.99. The Balaban J connectivity index is 1.35. The minimum Gasteiger partial charge on any atom is -0.356 e. The maximum absolute atomic E-state index is 12.4. The van der Waals surface area contributed by atoms with E-state index in [0.717, 1.165) is 37.6 Å². The predicted octanol–water partition coefficient (Wildman–Crippen LogP) is 1.25. The Morgan fingerprint density at radius 2 is 2.12 bits per heavy atom. The van der Waals surface area contributed by atoms with E-state index in [1.807, 2.05) is 47.0 Å². The van der Waals surface area contributed by atoms with Crippen molar-refractivity contribution in [1.82, 2.24) is 15.5 Å². The molecular weight excluding hydrogens is 322 g/mol. The quantitative estimate of drug-likeness (QED) is 0.813. The maximum atomic E-state index is 12.4. The number of nitrogens with one attached hydrogen (secondary N) is 2. The number of benzene rings is 1. The van der Waals surface area contributed by atoms with Gasteiger partial charge < -0.3 is 15.5 Å². The van der Waals surface area contributed by atoms with Gasteiger partial charge in [0.05, 0.1) is 11.9 Å². The van der Waals surface area contributed by atoms with Crippen LogP contribution in [0.5, 0.6) is 0 Å². The summed E-state index contributed by atoms with van der Waals surface area (Å²) in [5, 5.41) is 6.33. The van der Waals surface area contributed by atoms with Crippen molar-refractivity contribution >= 4 is 23.6 Å².